The van der Waals surface area contributed by atoms with Crippen LogP contribution in [0.15, 0.2) is 18.2 Å². The molecule has 0 unspecified atom stereocenters. The van der Waals surface area contributed by atoms with Gasteiger partial charge in [-0.15, -0.1) is 0 Å². The van der Waals surface area contributed by atoms with Gasteiger partial charge >= 0.3 is 0 Å². The molecule has 0 radical (unpaired) electrons. The summed E-state index contributed by atoms with van der Waals surface area (Å²) in [5.74, 6) is 0. The van der Waals surface area contributed by atoms with Crippen LogP contribution >= 0.6 is 0 Å². The topological polar surface area (TPSA) is 70.0 Å². The molecule has 0 saturated heterocycles. The number of aliphatic hydroxyl groups is 1. The van der Waals surface area contributed by atoms with Gasteiger partial charge in [0.15, 0.2) is 0 Å². The SMILES string of the molecule is Cc1cc([C@](C)(N)CO)ccc1C#N. The lowest BCUT2D eigenvalue weighted by molar-refractivity contribution is 0.210. The van der Waals surface area contributed by atoms with Crippen LogP contribution in [0.3, 0.4) is 0 Å². The number of aliphatic hydroxyl groups excluding tert-OH is 1. The quantitative estimate of drug-likeness (QED) is 0.731. The molecule has 0 heterocycles. The highest BCUT2D eigenvalue weighted by Gasteiger charge is 2.20. The van der Waals surface area contributed by atoms with Crippen LogP contribution in [0.1, 0.15) is 23.6 Å². The molecule has 0 fully saturated rings. The molecule has 0 amide bonds. The highest BCUT2D eigenvalue weighted by atomic mass is 16.3. The van der Waals surface area contributed by atoms with E-state index in [9.17, 15) is 0 Å². The van der Waals surface area contributed by atoms with Gasteiger partial charge in [0, 0.05) is 0 Å². The number of hydrogen-bond acceptors (Lipinski definition) is 3. The Morgan fingerprint density at radius 1 is 1.57 bits per heavy atom. The Hall–Kier alpha value is -1.37. The maximum Gasteiger partial charge on any atom is 0.0994 e. The molecule has 3 nitrogen and oxygen atoms in total. The third-order valence-corrected chi connectivity index (χ3v) is 2.33. The zero-order valence-electron chi connectivity index (χ0n) is 8.41. The number of nitrogens with zero attached hydrogens (tertiary/aromatic N) is 1. The number of rotatable bonds is 2. The number of nitrogens with two attached hydrogens (primary N) is 1. The van der Waals surface area contributed by atoms with Crippen LogP contribution in [0.25, 0.3) is 0 Å². The fraction of sp³-hybridized carbons (Fsp3) is 0.364. The summed E-state index contributed by atoms with van der Waals surface area (Å²) in [5, 5.41) is 17.8. The molecule has 1 aromatic carbocycles. The van der Waals surface area contributed by atoms with Crippen LogP contribution in [0.2, 0.25) is 0 Å². The molecule has 0 saturated carbocycles. The van der Waals surface area contributed by atoms with E-state index in [4.69, 9.17) is 16.1 Å². The highest BCUT2D eigenvalue weighted by molar-refractivity contribution is 5.41. The molecule has 3 N–H and O–H groups in total. The van der Waals surface area contributed by atoms with Crippen molar-refractivity contribution in [3.63, 3.8) is 0 Å². The van der Waals surface area contributed by atoms with Gasteiger partial charge in [0.1, 0.15) is 0 Å². The highest BCUT2D eigenvalue weighted by Crippen LogP contribution is 2.19. The molecule has 1 rings (SSSR count). The molecule has 0 aliphatic heterocycles. The summed E-state index contributed by atoms with van der Waals surface area (Å²) >= 11 is 0. The number of aryl methyl sites for hydroxylation is 1. The summed E-state index contributed by atoms with van der Waals surface area (Å²) in [6.07, 6.45) is 0. The molecule has 0 aliphatic carbocycles. The summed E-state index contributed by atoms with van der Waals surface area (Å²) < 4.78 is 0. The molecule has 0 aromatic heterocycles. The fourth-order valence-electron chi connectivity index (χ4n) is 1.24. The predicted octanol–water partition coefficient (Wildman–Crippen LogP) is 1.03. The van der Waals surface area contributed by atoms with E-state index in [1.807, 2.05) is 13.0 Å². The Kier molecular flexibility index (Phi) is 2.90. The van der Waals surface area contributed by atoms with E-state index in [-0.39, 0.29) is 6.61 Å². The third kappa shape index (κ3) is 1.92. The molecule has 14 heavy (non-hydrogen) atoms. The van der Waals surface area contributed by atoms with Crippen molar-refractivity contribution in [3.8, 4) is 6.07 Å². The van der Waals surface area contributed by atoms with E-state index >= 15 is 0 Å². The van der Waals surface area contributed by atoms with Crippen LogP contribution in [0.4, 0.5) is 0 Å². The number of hydrogen-bond donors (Lipinski definition) is 2. The van der Waals surface area contributed by atoms with Crippen LogP contribution in [-0.2, 0) is 5.54 Å². The van der Waals surface area contributed by atoms with Crippen LogP contribution in [-0.4, -0.2) is 11.7 Å². The average Bonchev–Trinajstić information content (AvgIpc) is 2.17. The van der Waals surface area contributed by atoms with Gasteiger partial charge < -0.3 is 10.8 Å². The van der Waals surface area contributed by atoms with Crippen LogP contribution in [0.5, 0.6) is 0 Å². The van der Waals surface area contributed by atoms with Crippen LogP contribution in [0, 0.1) is 18.3 Å². The minimum Gasteiger partial charge on any atom is -0.394 e. The van der Waals surface area contributed by atoms with Crippen molar-refractivity contribution < 1.29 is 5.11 Å². The zero-order valence-corrected chi connectivity index (χ0v) is 8.41. The molecular formula is C11H14N2O. The monoisotopic (exact) mass is 190 g/mol. The van der Waals surface area contributed by atoms with E-state index in [1.54, 1.807) is 19.1 Å². The second kappa shape index (κ2) is 3.79. The van der Waals surface area contributed by atoms with Crippen molar-refractivity contribution in [3.05, 3.63) is 34.9 Å². The van der Waals surface area contributed by atoms with Gasteiger partial charge in [-0.25, -0.2) is 0 Å². The van der Waals surface area contributed by atoms with Crippen molar-refractivity contribution >= 4 is 0 Å². The van der Waals surface area contributed by atoms with Crippen molar-refractivity contribution in [2.75, 3.05) is 6.61 Å². The molecule has 1 aromatic rings. The Bertz CT molecular complexity index is 377. The van der Waals surface area contributed by atoms with Crippen molar-refractivity contribution in [1.82, 2.24) is 0 Å². The van der Waals surface area contributed by atoms with E-state index < -0.39 is 5.54 Å². The smallest absolute Gasteiger partial charge is 0.0994 e. The lowest BCUT2D eigenvalue weighted by atomic mass is 9.91. The molecule has 0 aliphatic rings. The van der Waals surface area contributed by atoms with E-state index in [2.05, 4.69) is 6.07 Å². The summed E-state index contributed by atoms with van der Waals surface area (Å²) in [4.78, 5) is 0. The van der Waals surface area contributed by atoms with Crippen molar-refractivity contribution in [2.24, 2.45) is 5.73 Å². The zero-order chi connectivity index (χ0) is 10.8. The van der Waals surface area contributed by atoms with Gasteiger partial charge in [-0.3, -0.25) is 0 Å². The molecule has 0 spiro atoms. The van der Waals surface area contributed by atoms with E-state index in [0.717, 1.165) is 11.1 Å². The van der Waals surface area contributed by atoms with Crippen molar-refractivity contribution in [1.29, 1.82) is 5.26 Å². The van der Waals surface area contributed by atoms with Gasteiger partial charge in [-0.1, -0.05) is 12.1 Å². The summed E-state index contributed by atoms with van der Waals surface area (Å²) in [6, 6.07) is 7.44. The summed E-state index contributed by atoms with van der Waals surface area (Å²) in [6.45, 7) is 3.50. The Morgan fingerprint density at radius 3 is 2.64 bits per heavy atom. The largest absolute Gasteiger partial charge is 0.394 e. The minimum absolute atomic E-state index is 0.113. The molecular weight excluding hydrogens is 176 g/mol. The first kappa shape index (κ1) is 10.7. The first-order valence-corrected chi connectivity index (χ1v) is 4.42. The Labute approximate surface area is 83.8 Å². The minimum atomic E-state index is -0.737. The second-order valence-electron chi connectivity index (χ2n) is 3.72. The first-order chi connectivity index (χ1) is 6.51. The van der Waals surface area contributed by atoms with Gasteiger partial charge in [-0.05, 0) is 31.0 Å². The maximum absolute atomic E-state index is 9.07. The van der Waals surface area contributed by atoms with Gasteiger partial charge in [-0.2, -0.15) is 5.26 Å². The molecule has 74 valence electrons. The first-order valence-electron chi connectivity index (χ1n) is 4.42. The third-order valence-electron chi connectivity index (χ3n) is 2.33. The molecule has 1 atom stereocenters. The standard InChI is InChI=1S/C11H14N2O/c1-8-5-10(11(2,13)7-14)4-3-9(8)6-12/h3-5,14H,7,13H2,1-2H3/t11-/m1/s1. The normalized spacial score (nSPS) is 14.5. The summed E-state index contributed by atoms with van der Waals surface area (Å²) in [7, 11) is 0. The number of nitriles is 1. The van der Waals surface area contributed by atoms with Gasteiger partial charge in [0.2, 0.25) is 0 Å². The predicted molar refractivity (Wildman–Crippen MR) is 54.5 cm³/mol. The Morgan fingerprint density at radius 2 is 2.21 bits per heavy atom. The summed E-state index contributed by atoms with van der Waals surface area (Å²) in [5.41, 5.74) is 7.50. The van der Waals surface area contributed by atoms with Crippen LogP contribution < -0.4 is 5.73 Å². The van der Waals surface area contributed by atoms with Gasteiger partial charge in [0.25, 0.3) is 0 Å². The van der Waals surface area contributed by atoms with E-state index in [1.165, 1.54) is 0 Å². The number of benzene rings is 1. The maximum atomic E-state index is 9.07. The van der Waals surface area contributed by atoms with Crippen molar-refractivity contribution in [2.45, 2.75) is 19.4 Å². The fourth-order valence-corrected chi connectivity index (χ4v) is 1.24. The van der Waals surface area contributed by atoms with Gasteiger partial charge in [0.05, 0.1) is 23.8 Å². The molecule has 0 bridgehead atoms. The average molecular weight is 190 g/mol. The lowest BCUT2D eigenvalue weighted by Crippen LogP contribution is -2.36. The van der Waals surface area contributed by atoms with E-state index in [0.29, 0.717) is 5.56 Å². The Balaban J connectivity index is 3.17. The lowest BCUT2D eigenvalue weighted by Gasteiger charge is -2.22. The molecule has 3 heteroatoms. The second-order valence-corrected chi connectivity index (χ2v) is 3.72.